The van der Waals surface area contributed by atoms with Crippen molar-refractivity contribution in [2.75, 3.05) is 19.0 Å². The molecule has 1 aromatic rings. The first-order valence-electron chi connectivity index (χ1n) is 8.11. The highest BCUT2D eigenvalue weighted by Gasteiger charge is 2.38. The summed E-state index contributed by atoms with van der Waals surface area (Å²) in [4.78, 5) is 13.1. The first kappa shape index (κ1) is 17.9. The van der Waals surface area contributed by atoms with E-state index < -0.39 is 6.09 Å². The van der Waals surface area contributed by atoms with Crippen LogP contribution in [0.3, 0.4) is 0 Å². The molecule has 1 amide bonds. The quantitative estimate of drug-likeness (QED) is 0.817. The first-order valence-corrected chi connectivity index (χ1v) is 8.64. The van der Waals surface area contributed by atoms with E-state index in [2.05, 4.69) is 32.9 Å². The lowest BCUT2D eigenvalue weighted by Crippen LogP contribution is -2.51. The van der Waals surface area contributed by atoms with Crippen molar-refractivity contribution < 1.29 is 14.6 Å². The smallest absolute Gasteiger partial charge is 0.407 e. The van der Waals surface area contributed by atoms with Crippen molar-refractivity contribution in [1.29, 1.82) is 0 Å². The van der Waals surface area contributed by atoms with Crippen LogP contribution >= 0.6 is 11.6 Å². The third kappa shape index (κ3) is 4.54. The van der Waals surface area contributed by atoms with E-state index in [-0.39, 0.29) is 11.5 Å². The van der Waals surface area contributed by atoms with Crippen LogP contribution in [0.15, 0.2) is 24.3 Å². The zero-order chi connectivity index (χ0) is 17.0. The van der Waals surface area contributed by atoms with Crippen molar-refractivity contribution >= 4 is 17.7 Å². The predicted octanol–water partition coefficient (Wildman–Crippen LogP) is 4.58. The lowest BCUT2D eigenvalue weighted by molar-refractivity contribution is 0.0526. The highest BCUT2D eigenvalue weighted by atomic mass is 35.5. The number of likely N-dealkylation sites (tertiary alicyclic amines) is 1. The molecule has 0 aromatic heterocycles. The molecule has 4 nitrogen and oxygen atoms in total. The molecule has 1 aromatic carbocycles. The van der Waals surface area contributed by atoms with Crippen molar-refractivity contribution in [3.8, 4) is 5.75 Å². The summed E-state index contributed by atoms with van der Waals surface area (Å²) in [5.74, 6) is 1.68. The van der Waals surface area contributed by atoms with Gasteiger partial charge in [0.05, 0.1) is 5.88 Å². The van der Waals surface area contributed by atoms with Gasteiger partial charge in [-0.1, -0.05) is 32.9 Å². The lowest BCUT2D eigenvalue weighted by atomic mass is 9.75. The number of amides is 1. The Hall–Kier alpha value is -1.42. The Morgan fingerprint density at radius 2 is 2.00 bits per heavy atom. The van der Waals surface area contributed by atoms with Crippen LogP contribution in [0.2, 0.25) is 0 Å². The third-order valence-corrected chi connectivity index (χ3v) is 4.70. The summed E-state index contributed by atoms with van der Waals surface area (Å²) in [6.07, 6.45) is 0.909. The Morgan fingerprint density at radius 1 is 1.35 bits per heavy atom. The van der Waals surface area contributed by atoms with E-state index in [1.54, 1.807) is 4.90 Å². The molecule has 1 aliphatic rings. The summed E-state index contributed by atoms with van der Waals surface area (Å²) in [7, 11) is 0. The zero-order valence-corrected chi connectivity index (χ0v) is 14.8. The van der Waals surface area contributed by atoms with E-state index in [1.807, 2.05) is 12.1 Å². The summed E-state index contributed by atoms with van der Waals surface area (Å²) in [6.45, 7) is 7.42. The second-order valence-electron chi connectivity index (χ2n) is 7.19. The molecule has 1 fully saturated rings. The Labute approximate surface area is 143 Å². The topological polar surface area (TPSA) is 49.8 Å². The van der Waals surface area contributed by atoms with Crippen molar-refractivity contribution in [3.05, 3.63) is 29.8 Å². The second-order valence-corrected chi connectivity index (χ2v) is 7.56. The van der Waals surface area contributed by atoms with E-state index in [0.717, 1.165) is 18.6 Å². The fourth-order valence-electron chi connectivity index (χ4n) is 3.31. The SMILES string of the molecule is CC(C)(C)C1CC(c2ccc(OCCCl)cc2)CCN1C(=O)O. The molecule has 1 saturated heterocycles. The van der Waals surface area contributed by atoms with Crippen LogP contribution < -0.4 is 4.74 Å². The summed E-state index contributed by atoms with van der Waals surface area (Å²) < 4.78 is 5.50. The normalized spacial score (nSPS) is 22.0. The summed E-state index contributed by atoms with van der Waals surface area (Å²) in [5.41, 5.74) is 1.18. The van der Waals surface area contributed by atoms with Gasteiger partial charge < -0.3 is 14.7 Å². The van der Waals surface area contributed by atoms with Crippen LogP contribution in [0, 0.1) is 5.41 Å². The molecular weight excluding hydrogens is 314 g/mol. The number of rotatable bonds is 4. The van der Waals surface area contributed by atoms with Gasteiger partial charge in [-0.3, -0.25) is 0 Å². The number of alkyl halides is 1. The van der Waals surface area contributed by atoms with E-state index >= 15 is 0 Å². The molecule has 128 valence electrons. The molecule has 0 spiro atoms. The van der Waals surface area contributed by atoms with Gasteiger partial charge >= 0.3 is 6.09 Å². The van der Waals surface area contributed by atoms with E-state index in [0.29, 0.717) is 24.9 Å². The molecule has 23 heavy (non-hydrogen) atoms. The largest absolute Gasteiger partial charge is 0.492 e. The maximum atomic E-state index is 11.5. The molecule has 5 heteroatoms. The predicted molar refractivity (Wildman–Crippen MR) is 92.6 cm³/mol. The number of carboxylic acid groups (broad SMARTS) is 1. The van der Waals surface area contributed by atoms with Crippen LogP contribution in [-0.4, -0.2) is 41.2 Å². The van der Waals surface area contributed by atoms with Crippen LogP contribution in [0.1, 0.15) is 45.1 Å². The number of hydrogen-bond donors (Lipinski definition) is 1. The molecule has 0 aliphatic carbocycles. The monoisotopic (exact) mass is 339 g/mol. The Morgan fingerprint density at radius 3 is 2.52 bits per heavy atom. The number of carbonyl (C=O) groups is 1. The maximum absolute atomic E-state index is 11.5. The number of piperidine rings is 1. The van der Waals surface area contributed by atoms with Gasteiger partial charge in [-0.2, -0.15) is 0 Å². The molecule has 2 atom stereocenters. The lowest BCUT2D eigenvalue weighted by Gasteiger charge is -2.44. The highest BCUT2D eigenvalue weighted by molar-refractivity contribution is 6.18. The minimum Gasteiger partial charge on any atom is -0.492 e. The van der Waals surface area contributed by atoms with Gasteiger partial charge in [0, 0.05) is 12.6 Å². The van der Waals surface area contributed by atoms with Gasteiger partial charge in [0.25, 0.3) is 0 Å². The molecule has 1 N–H and O–H groups in total. The average Bonchev–Trinajstić information content (AvgIpc) is 2.52. The van der Waals surface area contributed by atoms with Crippen molar-refractivity contribution in [2.45, 2.75) is 45.6 Å². The summed E-state index contributed by atoms with van der Waals surface area (Å²) in [5, 5.41) is 9.45. The Bertz CT molecular complexity index is 524. The fourth-order valence-corrected chi connectivity index (χ4v) is 3.39. The van der Waals surface area contributed by atoms with E-state index in [9.17, 15) is 9.90 Å². The molecular formula is C18H26ClNO3. The second kappa shape index (κ2) is 7.43. The minimum absolute atomic E-state index is 0.0333. The zero-order valence-electron chi connectivity index (χ0n) is 14.1. The fraction of sp³-hybridized carbons (Fsp3) is 0.611. The molecule has 1 heterocycles. The van der Waals surface area contributed by atoms with Crippen molar-refractivity contribution in [1.82, 2.24) is 4.90 Å². The molecule has 0 saturated carbocycles. The number of nitrogens with zero attached hydrogens (tertiary/aromatic N) is 1. The number of benzene rings is 1. The Kier molecular flexibility index (Phi) is 5.79. The first-order chi connectivity index (χ1) is 10.8. The van der Waals surface area contributed by atoms with Crippen LogP contribution in [0.5, 0.6) is 5.75 Å². The van der Waals surface area contributed by atoms with E-state index in [4.69, 9.17) is 16.3 Å². The van der Waals surface area contributed by atoms with Gasteiger partial charge in [0.2, 0.25) is 0 Å². The average molecular weight is 340 g/mol. The molecule has 2 unspecified atom stereocenters. The van der Waals surface area contributed by atoms with Gasteiger partial charge in [0.15, 0.2) is 0 Å². The number of ether oxygens (including phenoxy) is 1. The Balaban J connectivity index is 2.10. The summed E-state index contributed by atoms with van der Waals surface area (Å²) in [6, 6.07) is 8.15. The van der Waals surface area contributed by atoms with Gasteiger partial charge in [-0.15, -0.1) is 11.6 Å². The van der Waals surface area contributed by atoms with Crippen molar-refractivity contribution in [3.63, 3.8) is 0 Å². The molecule has 2 rings (SSSR count). The number of hydrogen-bond acceptors (Lipinski definition) is 2. The van der Waals surface area contributed by atoms with Crippen LogP contribution in [-0.2, 0) is 0 Å². The van der Waals surface area contributed by atoms with Gasteiger partial charge in [0.1, 0.15) is 12.4 Å². The van der Waals surface area contributed by atoms with Crippen molar-refractivity contribution in [2.24, 2.45) is 5.41 Å². The highest BCUT2D eigenvalue weighted by Crippen LogP contribution is 2.39. The maximum Gasteiger partial charge on any atom is 0.407 e. The van der Waals surface area contributed by atoms with Crippen LogP contribution in [0.4, 0.5) is 4.79 Å². The molecule has 0 radical (unpaired) electrons. The van der Waals surface area contributed by atoms with E-state index in [1.165, 1.54) is 5.56 Å². The minimum atomic E-state index is -0.812. The standard InChI is InChI=1S/C18H26ClNO3/c1-18(2,3)16-12-14(8-10-20(16)17(21)22)13-4-6-15(7-5-13)23-11-9-19/h4-7,14,16H,8-12H2,1-3H3,(H,21,22). The van der Waals surface area contributed by atoms with Gasteiger partial charge in [-0.25, -0.2) is 4.79 Å². The summed E-state index contributed by atoms with van der Waals surface area (Å²) >= 11 is 5.62. The van der Waals surface area contributed by atoms with Crippen LogP contribution in [0.25, 0.3) is 0 Å². The van der Waals surface area contributed by atoms with Gasteiger partial charge in [-0.05, 0) is 41.9 Å². The number of halogens is 1. The molecule has 0 bridgehead atoms. The third-order valence-electron chi connectivity index (χ3n) is 4.55. The molecule has 1 aliphatic heterocycles.